The van der Waals surface area contributed by atoms with Crippen molar-refractivity contribution in [3.05, 3.63) is 35.9 Å². The van der Waals surface area contributed by atoms with Crippen molar-refractivity contribution in [3.63, 3.8) is 0 Å². The second kappa shape index (κ2) is 7.07. The van der Waals surface area contributed by atoms with Crippen LogP contribution < -0.4 is 11.1 Å². The Morgan fingerprint density at radius 3 is 2.47 bits per heavy atom. The van der Waals surface area contributed by atoms with E-state index in [2.05, 4.69) is 19.2 Å². The molecule has 0 aliphatic rings. The van der Waals surface area contributed by atoms with Gasteiger partial charge in [-0.3, -0.25) is 4.79 Å². The average Bonchev–Trinajstić information content (AvgIpc) is 2.29. The van der Waals surface area contributed by atoms with E-state index in [1.807, 2.05) is 30.3 Å². The first kappa shape index (κ1) is 13.7. The number of primary amides is 1. The standard InChI is InChI=1S/C14H22N2O/c1-11(2)7-6-10-16-13(14(15)17)12-8-4-3-5-9-12/h3-5,8-9,11,13,16H,6-7,10H2,1-2H3,(H2,15,17)/t13-/m1/s1. The van der Waals surface area contributed by atoms with Gasteiger partial charge in [-0.2, -0.15) is 0 Å². The van der Waals surface area contributed by atoms with Crippen molar-refractivity contribution in [3.8, 4) is 0 Å². The van der Waals surface area contributed by atoms with E-state index in [9.17, 15) is 4.79 Å². The van der Waals surface area contributed by atoms with E-state index in [1.54, 1.807) is 0 Å². The molecule has 0 unspecified atom stereocenters. The second-order valence-corrected chi connectivity index (χ2v) is 4.74. The normalized spacial score (nSPS) is 12.6. The van der Waals surface area contributed by atoms with Crippen LogP contribution in [0.15, 0.2) is 30.3 Å². The Bertz CT molecular complexity index is 335. The van der Waals surface area contributed by atoms with Crippen LogP contribution in [0, 0.1) is 5.92 Å². The number of amides is 1. The molecule has 1 aromatic carbocycles. The summed E-state index contributed by atoms with van der Waals surface area (Å²) in [5.41, 5.74) is 6.34. The van der Waals surface area contributed by atoms with Gasteiger partial charge in [0.15, 0.2) is 0 Å². The van der Waals surface area contributed by atoms with Crippen LogP contribution in [0.5, 0.6) is 0 Å². The molecule has 0 radical (unpaired) electrons. The maximum absolute atomic E-state index is 11.4. The summed E-state index contributed by atoms with van der Waals surface area (Å²) >= 11 is 0. The molecule has 0 aliphatic heterocycles. The minimum atomic E-state index is -0.372. The smallest absolute Gasteiger partial charge is 0.239 e. The number of carbonyl (C=O) groups is 1. The van der Waals surface area contributed by atoms with Crippen molar-refractivity contribution >= 4 is 5.91 Å². The Balaban J connectivity index is 2.48. The fraction of sp³-hybridized carbons (Fsp3) is 0.500. The molecule has 1 amide bonds. The average molecular weight is 234 g/mol. The first-order chi connectivity index (χ1) is 8.11. The van der Waals surface area contributed by atoms with Crippen molar-refractivity contribution in [2.24, 2.45) is 11.7 Å². The Morgan fingerprint density at radius 1 is 1.29 bits per heavy atom. The second-order valence-electron chi connectivity index (χ2n) is 4.74. The lowest BCUT2D eigenvalue weighted by Crippen LogP contribution is -2.34. The zero-order valence-corrected chi connectivity index (χ0v) is 10.6. The Hall–Kier alpha value is -1.35. The van der Waals surface area contributed by atoms with Gasteiger partial charge in [-0.25, -0.2) is 0 Å². The predicted octanol–water partition coefficient (Wildman–Crippen LogP) is 2.24. The molecule has 94 valence electrons. The van der Waals surface area contributed by atoms with Gasteiger partial charge in [-0.05, 0) is 30.9 Å². The van der Waals surface area contributed by atoms with Crippen LogP contribution >= 0.6 is 0 Å². The SMILES string of the molecule is CC(C)CCCN[C@@H](C(N)=O)c1ccccc1. The summed E-state index contributed by atoms with van der Waals surface area (Å²) in [5, 5.41) is 3.22. The Morgan fingerprint density at radius 2 is 1.94 bits per heavy atom. The van der Waals surface area contributed by atoms with Crippen molar-refractivity contribution in [1.29, 1.82) is 0 Å². The van der Waals surface area contributed by atoms with Crippen LogP contribution in [0.4, 0.5) is 0 Å². The lowest BCUT2D eigenvalue weighted by atomic mass is 10.1. The van der Waals surface area contributed by atoms with E-state index in [1.165, 1.54) is 0 Å². The molecule has 3 N–H and O–H groups in total. The summed E-state index contributed by atoms with van der Waals surface area (Å²) < 4.78 is 0. The summed E-state index contributed by atoms with van der Waals surface area (Å²) in [7, 11) is 0. The first-order valence-electron chi connectivity index (χ1n) is 6.19. The van der Waals surface area contributed by atoms with Gasteiger partial charge in [-0.15, -0.1) is 0 Å². The fourth-order valence-electron chi connectivity index (χ4n) is 1.78. The molecular formula is C14H22N2O. The number of nitrogens with one attached hydrogen (secondary N) is 1. The molecule has 1 atom stereocenters. The largest absolute Gasteiger partial charge is 0.368 e. The molecule has 3 heteroatoms. The van der Waals surface area contributed by atoms with Crippen LogP contribution in [0.25, 0.3) is 0 Å². The zero-order valence-electron chi connectivity index (χ0n) is 10.6. The van der Waals surface area contributed by atoms with E-state index >= 15 is 0 Å². The Kier molecular flexibility index (Phi) is 5.70. The third kappa shape index (κ3) is 5.00. The van der Waals surface area contributed by atoms with Crippen LogP contribution in [-0.4, -0.2) is 12.5 Å². The molecule has 0 saturated heterocycles. The van der Waals surface area contributed by atoms with Crippen molar-refractivity contribution < 1.29 is 4.79 Å². The highest BCUT2D eigenvalue weighted by Gasteiger charge is 2.15. The molecule has 0 aromatic heterocycles. The maximum atomic E-state index is 11.4. The maximum Gasteiger partial charge on any atom is 0.239 e. The summed E-state index contributed by atoms with van der Waals surface area (Å²) in [6.45, 7) is 5.21. The molecule has 0 spiro atoms. The molecule has 0 bridgehead atoms. The quantitative estimate of drug-likeness (QED) is 0.711. The topological polar surface area (TPSA) is 55.1 Å². The minimum Gasteiger partial charge on any atom is -0.368 e. The first-order valence-corrected chi connectivity index (χ1v) is 6.19. The summed E-state index contributed by atoms with van der Waals surface area (Å²) in [5.74, 6) is 0.376. The predicted molar refractivity (Wildman–Crippen MR) is 70.5 cm³/mol. The molecule has 1 rings (SSSR count). The molecule has 1 aromatic rings. The van der Waals surface area contributed by atoms with Crippen molar-refractivity contribution in [2.75, 3.05) is 6.54 Å². The number of hydrogen-bond donors (Lipinski definition) is 2. The van der Waals surface area contributed by atoms with Crippen LogP contribution in [0.3, 0.4) is 0 Å². The Labute approximate surface area is 103 Å². The molecule has 0 heterocycles. The van der Waals surface area contributed by atoms with E-state index < -0.39 is 0 Å². The molecule has 0 saturated carbocycles. The van der Waals surface area contributed by atoms with E-state index in [0.717, 1.165) is 24.9 Å². The molecule has 17 heavy (non-hydrogen) atoms. The number of carbonyl (C=O) groups excluding carboxylic acids is 1. The van der Waals surface area contributed by atoms with Gasteiger partial charge >= 0.3 is 0 Å². The van der Waals surface area contributed by atoms with Gasteiger partial charge in [-0.1, -0.05) is 44.2 Å². The monoisotopic (exact) mass is 234 g/mol. The number of benzene rings is 1. The van der Waals surface area contributed by atoms with E-state index in [4.69, 9.17) is 5.73 Å². The highest BCUT2D eigenvalue weighted by molar-refractivity contribution is 5.81. The third-order valence-corrected chi connectivity index (χ3v) is 2.72. The lowest BCUT2D eigenvalue weighted by Gasteiger charge is -2.16. The highest BCUT2D eigenvalue weighted by atomic mass is 16.1. The molecule has 3 nitrogen and oxygen atoms in total. The van der Waals surface area contributed by atoms with Crippen molar-refractivity contribution in [1.82, 2.24) is 5.32 Å². The number of rotatable bonds is 7. The van der Waals surface area contributed by atoms with Gasteiger partial charge in [0.25, 0.3) is 0 Å². The van der Waals surface area contributed by atoms with Gasteiger partial charge in [0.1, 0.15) is 6.04 Å². The lowest BCUT2D eigenvalue weighted by molar-refractivity contribution is -0.120. The number of hydrogen-bond acceptors (Lipinski definition) is 2. The summed E-state index contributed by atoms with van der Waals surface area (Å²) in [4.78, 5) is 11.4. The molecule has 0 aliphatic carbocycles. The van der Waals surface area contributed by atoms with Gasteiger partial charge in [0, 0.05) is 0 Å². The number of nitrogens with two attached hydrogens (primary N) is 1. The van der Waals surface area contributed by atoms with Crippen LogP contribution in [0.1, 0.15) is 38.3 Å². The van der Waals surface area contributed by atoms with Gasteiger partial charge in [0.05, 0.1) is 0 Å². The fourth-order valence-corrected chi connectivity index (χ4v) is 1.78. The minimum absolute atomic E-state index is 0.319. The molecular weight excluding hydrogens is 212 g/mol. The van der Waals surface area contributed by atoms with Crippen molar-refractivity contribution in [2.45, 2.75) is 32.7 Å². The van der Waals surface area contributed by atoms with E-state index in [-0.39, 0.29) is 11.9 Å². The highest BCUT2D eigenvalue weighted by Crippen LogP contribution is 2.12. The summed E-state index contributed by atoms with van der Waals surface area (Å²) in [6.07, 6.45) is 2.22. The molecule has 0 fully saturated rings. The van der Waals surface area contributed by atoms with Gasteiger partial charge < -0.3 is 11.1 Å². The third-order valence-electron chi connectivity index (χ3n) is 2.72. The zero-order chi connectivity index (χ0) is 12.7. The van der Waals surface area contributed by atoms with Crippen LogP contribution in [-0.2, 0) is 4.79 Å². The van der Waals surface area contributed by atoms with Crippen LogP contribution in [0.2, 0.25) is 0 Å². The van der Waals surface area contributed by atoms with E-state index in [0.29, 0.717) is 5.92 Å². The van der Waals surface area contributed by atoms with Gasteiger partial charge in [0.2, 0.25) is 5.91 Å². The summed E-state index contributed by atoms with van der Waals surface area (Å²) in [6, 6.07) is 9.24.